The lowest BCUT2D eigenvalue weighted by Gasteiger charge is -2.10. The standard InChI is InChI=1S/C11H15NO3/c1-2-7-15-10-6-4-3-5-9(10)8-12-11(13)14/h3-6,12H,2,7-8H2,1H3,(H,13,14). The first-order valence-electron chi connectivity index (χ1n) is 4.91. The van der Waals surface area contributed by atoms with Gasteiger partial charge in [0, 0.05) is 12.1 Å². The number of nitrogens with one attached hydrogen (secondary N) is 1. The van der Waals surface area contributed by atoms with Crippen molar-refractivity contribution in [2.75, 3.05) is 6.61 Å². The lowest BCUT2D eigenvalue weighted by molar-refractivity contribution is 0.193. The maximum absolute atomic E-state index is 10.3. The largest absolute Gasteiger partial charge is 0.493 e. The van der Waals surface area contributed by atoms with E-state index in [-0.39, 0.29) is 6.54 Å². The molecule has 1 amide bonds. The molecule has 0 aliphatic heterocycles. The first-order chi connectivity index (χ1) is 7.24. The minimum atomic E-state index is -1.03. The Hall–Kier alpha value is -1.71. The molecule has 0 spiro atoms. The molecule has 0 aliphatic rings. The van der Waals surface area contributed by atoms with Crippen LogP contribution in [0.3, 0.4) is 0 Å². The molecule has 0 aromatic heterocycles. The fourth-order valence-electron chi connectivity index (χ4n) is 1.17. The van der Waals surface area contributed by atoms with Crippen LogP contribution in [0.5, 0.6) is 5.75 Å². The highest BCUT2D eigenvalue weighted by atomic mass is 16.5. The van der Waals surface area contributed by atoms with E-state index in [0.717, 1.165) is 17.7 Å². The number of rotatable bonds is 5. The van der Waals surface area contributed by atoms with E-state index in [9.17, 15) is 4.79 Å². The van der Waals surface area contributed by atoms with Crippen LogP contribution in [-0.2, 0) is 6.54 Å². The molecule has 0 radical (unpaired) electrons. The maximum Gasteiger partial charge on any atom is 0.404 e. The van der Waals surface area contributed by atoms with Crippen LogP contribution >= 0.6 is 0 Å². The highest BCUT2D eigenvalue weighted by Gasteiger charge is 2.03. The minimum absolute atomic E-state index is 0.273. The van der Waals surface area contributed by atoms with Crippen molar-refractivity contribution in [3.8, 4) is 5.75 Å². The fourth-order valence-corrected chi connectivity index (χ4v) is 1.17. The zero-order valence-corrected chi connectivity index (χ0v) is 8.69. The van der Waals surface area contributed by atoms with Crippen molar-refractivity contribution in [1.29, 1.82) is 0 Å². The van der Waals surface area contributed by atoms with Gasteiger partial charge >= 0.3 is 6.09 Å². The maximum atomic E-state index is 10.3. The monoisotopic (exact) mass is 209 g/mol. The van der Waals surface area contributed by atoms with E-state index in [1.165, 1.54) is 0 Å². The van der Waals surface area contributed by atoms with Crippen LogP contribution in [0.4, 0.5) is 4.79 Å². The van der Waals surface area contributed by atoms with E-state index in [2.05, 4.69) is 5.32 Å². The first-order valence-corrected chi connectivity index (χ1v) is 4.91. The Labute approximate surface area is 88.9 Å². The van der Waals surface area contributed by atoms with Crippen LogP contribution in [0.25, 0.3) is 0 Å². The molecule has 0 heterocycles. The van der Waals surface area contributed by atoms with E-state index in [0.29, 0.717) is 6.61 Å². The highest BCUT2D eigenvalue weighted by molar-refractivity contribution is 5.64. The van der Waals surface area contributed by atoms with Crippen molar-refractivity contribution in [2.24, 2.45) is 0 Å². The molecule has 15 heavy (non-hydrogen) atoms. The average Bonchev–Trinajstić information content (AvgIpc) is 2.24. The molecule has 0 unspecified atom stereocenters. The van der Waals surface area contributed by atoms with E-state index in [1.807, 2.05) is 31.2 Å². The second-order valence-corrected chi connectivity index (χ2v) is 3.11. The molecular weight excluding hydrogens is 194 g/mol. The van der Waals surface area contributed by atoms with E-state index >= 15 is 0 Å². The molecular formula is C11H15NO3. The summed E-state index contributed by atoms with van der Waals surface area (Å²) in [5.74, 6) is 0.744. The van der Waals surface area contributed by atoms with Gasteiger partial charge in [-0.05, 0) is 12.5 Å². The van der Waals surface area contributed by atoms with Gasteiger partial charge in [-0.3, -0.25) is 0 Å². The third-order valence-electron chi connectivity index (χ3n) is 1.86. The Bertz CT molecular complexity index is 325. The van der Waals surface area contributed by atoms with Crippen LogP contribution in [0.2, 0.25) is 0 Å². The molecule has 0 aliphatic carbocycles. The van der Waals surface area contributed by atoms with Gasteiger partial charge in [0.1, 0.15) is 5.75 Å². The van der Waals surface area contributed by atoms with E-state index in [1.54, 1.807) is 0 Å². The summed E-state index contributed by atoms with van der Waals surface area (Å²) in [6.07, 6.45) is -0.0963. The molecule has 0 atom stereocenters. The Morgan fingerprint density at radius 3 is 2.87 bits per heavy atom. The van der Waals surface area contributed by atoms with Crippen molar-refractivity contribution < 1.29 is 14.6 Å². The van der Waals surface area contributed by atoms with Gasteiger partial charge < -0.3 is 15.2 Å². The predicted octanol–water partition coefficient (Wildman–Crippen LogP) is 2.24. The van der Waals surface area contributed by atoms with Gasteiger partial charge in [0.2, 0.25) is 0 Å². The number of carbonyl (C=O) groups is 1. The van der Waals surface area contributed by atoms with Gasteiger partial charge in [-0.2, -0.15) is 0 Å². The average molecular weight is 209 g/mol. The van der Waals surface area contributed by atoms with Gasteiger partial charge in [0.15, 0.2) is 0 Å². The SMILES string of the molecule is CCCOc1ccccc1CNC(=O)O. The van der Waals surface area contributed by atoms with Crippen LogP contribution in [0.1, 0.15) is 18.9 Å². The minimum Gasteiger partial charge on any atom is -0.493 e. The smallest absolute Gasteiger partial charge is 0.404 e. The first kappa shape index (κ1) is 11.4. The Morgan fingerprint density at radius 2 is 2.20 bits per heavy atom. The topological polar surface area (TPSA) is 58.6 Å². The Morgan fingerprint density at radius 1 is 1.47 bits per heavy atom. The van der Waals surface area contributed by atoms with Gasteiger partial charge in [-0.25, -0.2) is 4.79 Å². The third kappa shape index (κ3) is 3.89. The van der Waals surface area contributed by atoms with Gasteiger partial charge in [0.05, 0.1) is 6.61 Å². The lowest BCUT2D eigenvalue weighted by atomic mass is 10.2. The molecule has 2 N–H and O–H groups in total. The van der Waals surface area contributed by atoms with E-state index < -0.39 is 6.09 Å². The van der Waals surface area contributed by atoms with Gasteiger partial charge in [0.25, 0.3) is 0 Å². The third-order valence-corrected chi connectivity index (χ3v) is 1.86. The Kier molecular flexibility index (Phi) is 4.47. The highest BCUT2D eigenvalue weighted by Crippen LogP contribution is 2.17. The summed E-state index contributed by atoms with van der Waals surface area (Å²) in [4.78, 5) is 10.3. The molecule has 4 heteroatoms. The molecule has 0 bridgehead atoms. The van der Waals surface area contributed by atoms with E-state index in [4.69, 9.17) is 9.84 Å². The van der Waals surface area contributed by atoms with Gasteiger partial charge in [-0.1, -0.05) is 25.1 Å². The van der Waals surface area contributed by atoms with Crippen molar-refractivity contribution in [2.45, 2.75) is 19.9 Å². The van der Waals surface area contributed by atoms with Crippen LogP contribution in [0, 0.1) is 0 Å². The van der Waals surface area contributed by atoms with Crippen molar-refractivity contribution in [1.82, 2.24) is 5.32 Å². The summed E-state index contributed by atoms with van der Waals surface area (Å²) in [6.45, 7) is 2.94. The molecule has 1 rings (SSSR count). The van der Waals surface area contributed by atoms with Crippen LogP contribution in [0.15, 0.2) is 24.3 Å². The summed E-state index contributed by atoms with van der Waals surface area (Å²) in [5.41, 5.74) is 0.855. The summed E-state index contributed by atoms with van der Waals surface area (Å²) < 4.78 is 5.49. The molecule has 82 valence electrons. The molecule has 0 saturated heterocycles. The van der Waals surface area contributed by atoms with Crippen molar-refractivity contribution >= 4 is 6.09 Å². The van der Waals surface area contributed by atoms with Crippen molar-refractivity contribution in [3.63, 3.8) is 0 Å². The van der Waals surface area contributed by atoms with Crippen LogP contribution < -0.4 is 10.1 Å². The predicted molar refractivity (Wildman–Crippen MR) is 57.1 cm³/mol. The normalized spacial score (nSPS) is 9.67. The zero-order chi connectivity index (χ0) is 11.1. The summed E-state index contributed by atoms with van der Waals surface area (Å²) in [5, 5.41) is 10.8. The van der Waals surface area contributed by atoms with Gasteiger partial charge in [-0.15, -0.1) is 0 Å². The molecule has 1 aromatic rings. The molecule has 1 aromatic carbocycles. The molecule has 4 nitrogen and oxygen atoms in total. The number of para-hydroxylation sites is 1. The lowest BCUT2D eigenvalue weighted by Crippen LogP contribution is -2.20. The molecule has 0 saturated carbocycles. The number of ether oxygens (including phenoxy) is 1. The summed E-state index contributed by atoms with van der Waals surface area (Å²) in [6, 6.07) is 7.42. The Balaban J connectivity index is 2.63. The number of hydrogen-bond donors (Lipinski definition) is 2. The second kappa shape index (κ2) is 5.90. The fraction of sp³-hybridized carbons (Fsp3) is 0.364. The second-order valence-electron chi connectivity index (χ2n) is 3.11. The van der Waals surface area contributed by atoms with Crippen molar-refractivity contribution in [3.05, 3.63) is 29.8 Å². The summed E-state index contributed by atoms with van der Waals surface area (Å²) >= 11 is 0. The molecule has 0 fully saturated rings. The number of hydrogen-bond acceptors (Lipinski definition) is 2. The summed E-state index contributed by atoms with van der Waals surface area (Å²) in [7, 11) is 0. The number of amides is 1. The number of carboxylic acid groups (broad SMARTS) is 1. The number of benzene rings is 1. The quantitative estimate of drug-likeness (QED) is 0.781. The van der Waals surface area contributed by atoms with Crippen LogP contribution in [-0.4, -0.2) is 17.8 Å². The zero-order valence-electron chi connectivity index (χ0n) is 8.69.